The number of nitrogens with two attached hydrogens (primary N) is 1. The summed E-state index contributed by atoms with van der Waals surface area (Å²) < 4.78 is 5.49. The number of ketones is 2. The Bertz CT molecular complexity index is 1160. The molecular formula is C28H31N3O4. The molecule has 0 saturated carbocycles. The molecule has 0 radical (unpaired) electrons. The van der Waals surface area contributed by atoms with Gasteiger partial charge in [-0.2, -0.15) is 10.5 Å². The predicted molar refractivity (Wildman–Crippen MR) is 130 cm³/mol. The fourth-order valence-electron chi connectivity index (χ4n) is 4.60. The van der Waals surface area contributed by atoms with E-state index in [1.54, 1.807) is 24.3 Å². The highest BCUT2D eigenvalue weighted by molar-refractivity contribution is 6.24. The van der Waals surface area contributed by atoms with Crippen LogP contribution >= 0.6 is 0 Å². The topological polar surface area (TPSA) is 137 Å². The van der Waals surface area contributed by atoms with E-state index in [2.05, 4.69) is 6.92 Å². The molecule has 7 heteroatoms. The molecular weight excluding hydrogens is 442 g/mol. The van der Waals surface area contributed by atoms with Crippen molar-refractivity contribution in [2.75, 3.05) is 0 Å². The summed E-state index contributed by atoms with van der Waals surface area (Å²) >= 11 is 0. The Hall–Kier alpha value is -3.84. The second-order valence-corrected chi connectivity index (χ2v) is 8.97. The predicted octanol–water partition coefficient (Wildman–Crippen LogP) is 5.50. The molecule has 3 N–H and O–H groups in total. The van der Waals surface area contributed by atoms with E-state index in [1.807, 2.05) is 12.1 Å². The average Bonchev–Trinajstić information content (AvgIpc) is 2.87. The van der Waals surface area contributed by atoms with Gasteiger partial charge in [0.05, 0.1) is 23.1 Å². The average molecular weight is 474 g/mol. The summed E-state index contributed by atoms with van der Waals surface area (Å²) in [7, 11) is 0. The second-order valence-electron chi connectivity index (χ2n) is 8.97. The van der Waals surface area contributed by atoms with Gasteiger partial charge in [-0.25, -0.2) is 0 Å². The van der Waals surface area contributed by atoms with Crippen molar-refractivity contribution in [2.24, 2.45) is 5.73 Å². The summed E-state index contributed by atoms with van der Waals surface area (Å²) in [6, 6.07) is 10.3. The van der Waals surface area contributed by atoms with E-state index in [4.69, 9.17) is 15.7 Å². The van der Waals surface area contributed by atoms with Gasteiger partial charge in [0.25, 0.3) is 0 Å². The number of rotatable bonds is 11. The number of unbranched alkanes of at least 4 members (excludes halogenated alkanes) is 8. The summed E-state index contributed by atoms with van der Waals surface area (Å²) in [4.78, 5) is 26.5. The van der Waals surface area contributed by atoms with E-state index in [9.17, 15) is 20.0 Å². The smallest absolute Gasteiger partial charge is 0.228 e. The molecule has 0 fully saturated rings. The van der Waals surface area contributed by atoms with Gasteiger partial charge in [0, 0.05) is 5.57 Å². The van der Waals surface area contributed by atoms with Crippen LogP contribution in [0.1, 0.15) is 88.2 Å². The zero-order valence-corrected chi connectivity index (χ0v) is 20.1. The first-order chi connectivity index (χ1) is 16.9. The van der Waals surface area contributed by atoms with Crippen LogP contribution in [0.15, 0.2) is 58.4 Å². The molecule has 1 aliphatic carbocycles. The molecule has 3 rings (SSSR count). The van der Waals surface area contributed by atoms with Crippen molar-refractivity contribution < 1.29 is 19.4 Å². The number of carbonyl (C=O) groups excluding carboxylic acids is 2. The number of benzene rings is 1. The van der Waals surface area contributed by atoms with Crippen LogP contribution in [0.4, 0.5) is 0 Å². The Kier molecular flexibility index (Phi) is 8.86. The lowest BCUT2D eigenvalue weighted by atomic mass is 9.76. The molecule has 0 spiro atoms. The van der Waals surface area contributed by atoms with Crippen molar-refractivity contribution >= 4 is 11.6 Å². The Morgan fingerprint density at radius 3 is 2.09 bits per heavy atom. The highest BCUT2D eigenvalue weighted by atomic mass is 16.5. The third-order valence-electron chi connectivity index (χ3n) is 6.55. The number of allylic oxidation sites excluding steroid dienone is 3. The quantitative estimate of drug-likeness (QED) is 0.319. The van der Waals surface area contributed by atoms with Crippen molar-refractivity contribution in [2.45, 2.75) is 77.0 Å². The van der Waals surface area contributed by atoms with Crippen LogP contribution in [0.5, 0.6) is 0 Å². The SMILES string of the molecule is CCCCCCCCCCCC1=C(O)C(=O)C2=C(OC(N)=C(C#N)C2c2ccc(C#N)cc2)C1=O. The molecule has 1 aromatic carbocycles. The molecule has 0 bridgehead atoms. The van der Waals surface area contributed by atoms with E-state index in [0.29, 0.717) is 17.5 Å². The van der Waals surface area contributed by atoms with Gasteiger partial charge in [-0.05, 0) is 30.5 Å². The van der Waals surface area contributed by atoms with Gasteiger partial charge >= 0.3 is 0 Å². The van der Waals surface area contributed by atoms with Gasteiger partial charge in [0.1, 0.15) is 11.6 Å². The van der Waals surface area contributed by atoms with Crippen LogP contribution in [0.25, 0.3) is 0 Å². The number of nitriles is 2. The highest BCUT2D eigenvalue weighted by Gasteiger charge is 2.44. The minimum absolute atomic E-state index is 0.0233. The summed E-state index contributed by atoms with van der Waals surface area (Å²) in [5.74, 6) is -3.34. The number of Topliss-reactive ketones (excluding diaryl/α,β-unsaturated/α-hetero) is 2. The van der Waals surface area contributed by atoms with E-state index in [1.165, 1.54) is 32.1 Å². The molecule has 7 nitrogen and oxygen atoms in total. The van der Waals surface area contributed by atoms with Crippen LogP contribution in [0, 0.1) is 22.7 Å². The molecule has 2 aliphatic rings. The maximum absolute atomic E-state index is 13.2. The van der Waals surface area contributed by atoms with Gasteiger partial charge in [-0.15, -0.1) is 0 Å². The number of carbonyl (C=O) groups is 2. The van der Waals surface area contributed by atoms with Crippen molar-refractivity contribution in [3.05, 3.63) is 69.5 Å². The van der Waals surface area contributed by atoms with E-state index in [-0.39, 0.29) is 34.8 Å². The van der Waals surface area contributed by atoms with Crippen LogP contribution in [0.3, 0.4) is 0 Å². The number of aliphatic hydroxyl groups is 1. The molecule has 1 atom stereocenters. The first kappa shape index (κ1) is 25.8. The minimum Gasteiger partial charge on any atom is -0.504 e. The van der Waals surface area contributed by atoms with Gasteiger partial charge in [0.15, 0.2) is 11.5 Å². The largest absolute Gasteiger partial charge is 0.504 e. The van der Waals surface area contributed by atoms with Crippen molar-refractivity contribution in [3.8, 4) is 12.1 Å². The minimum atomic E-state index is -0.968. The van der Waals surface area contributed by atoms with Crippen LogP contribution in [-0.2, 0) is 14.3 Å². The van der Waals surface area contributed by atoms with Gasteiger partial charge < -0.3 is 15.6 Å². The highest BCUT2D eigenvalue weighted by Crippen LogP contribution is 2.43. The molecule has 0 amide bonds. The zero-order chi connectivity index (χ0) is 25.4. The Morgan fingerprint density at radius 1 is 0.914 bits per heavy atom. The summed E-state index contributed by atoms with van der Waals surface area (Å²) in [6.45, 7) is 2.19. The van der Waals surface area contributed by atoms with Crippen LogP contribution in [-0.4, -0.2) is 16.7 Å². The fraction of sp³-hybridized carbons (Fsp3) is 0.429. The normalized spacial score (nSPS) is 17.7. The monoisotopic (exact) mass is 473 g/mol. The maximum atomic E-state index is 13.2. The van der Waals surface area contributed by atoms with Gasteiger partial charge in [-0.1, -0.05) is 70.4 Å². The summed E-state index contributed by atoms with van der Waals surface area (Å²) in [6.07, 6.45) is 10.2. The maximum Gasteiger partial charge on any atom is 0.228 e. The fourth-order valence-corrected chi connectivity index (χ4v) is 4.60. The third kappa shape index (κ3) is 5.63. The lowest BCUT2D eigenvalue weighted by Crippen LogP contribution is -2.33. The lowest BCUT2D eigenvalue weighted by molar-refractivity contribution is -0.120. The van der Waals surface area contributed by atoms with Gasteiger partial charge in [-0.3, -0.25) is 9.59 Å². The molecule has 1 aliphatic heterocycles. The van der Waals surface area contributed by atoms with Crippen molar-refractivity contribution in [3.63, 3.8) is 0 Å². The molecule has 182 valence electrons. The number of hydrogen-bond donors (Lipinski definition) is 2. The summed E-state index contributed by atoms with van der Waals surface area (Å²) in [5.41, 5.74) is 6.78. The van der Waals surface area contributed by atoms with Crippen molar-refractivity contribution in [1.82, 2.24) is 0 Å². The molecule has 35 heavy (non-hydrogen) atoms. The van der Waals surface area contributed by atoms with Crippen LogP contribution in [0.2, 0.25) is 0 Å². The van der Waals surface area contributed by atoms with E-state index >= 15 is 0 Å². The molecule has 1 heterocycles. The first-order valence-electron chi connectivity index (χ1n) is 12.3. The van der Waals surface area contributed by atoms with Gasteiger partial charge in [0.2, 0.25) is 17.4 Å². The second kappa shape index (κ2) is 12.0. The number of hydrogen-bond acceptors (Lipinski definition) is 7. The van der Waals surface area contributed by atoms with E-state index in [0.717, 1.165) is 19.3 Å². The van der Waals surface area contributed by atoms with Crippen molar-refractivity contribution in [1.29, 1.82) is 10.5 Å². The standard InChI is InChI=1S/C28H31N3O4/c1-2-3-4-5-6-7-8-9-10-11-20-24(32)26(34)23-22(19-14-12-18(16-29)13-15-19)21(17-30)28(31)35-27(23)25(20)33/h12-15,22,32H,2-11,31H2,1H3. The number of nitrogens with zero attached hydrogens (tertiary/aromatic N) is 2. The Labute approximate surface area is 206 Å². The third-order valence-corrected chi connectivity index (χ3v) is 6.55. The number of ether oxygens (including phenoxy) is 1. The summed E-state index contributed by atoms with van der Waals surface area (Å²) in [5, 5.41) is 29.4. The zero-order valence-electron chi connectivity index (χ0n) is 20.1. The molecule has 0 aromatic heterocycles. The molecule has 0 saturated heterocycles. The van der Waals surface area contributed by atoms with Crippen LogP contribution < -0.4 is 5.73 Å². The molecule has 1 aromatic rings. The van der Waals surface area contributed by atoms with E-state index < -0.39 is 23.2 Å². The first-order valence-corrected chi connectivity index (χ1v) is 12.3. The lowest BCUT2D eigenvalue weighted by Gasteiger charge is -2.30. The Morgan fingerprint density at radius 2 is 1.51 bits per heavy atom. The Balaban J connectivity index is 1.75. The number of aliphatic hydroxyl groups excluding tert-OH is 1. The molecule has 1 unspecified atom stereocenters.